The van der Waals surface area contributed by atoms with Gasteiger partial charge in [0.05, 0.1) is 0 Å². The van der Waals surface area contributed by atoms with Gasteiger partial charge < -0.3 is 0 Å². The van der Waals surface area contributed by atoms with Crippen LogP contribution in [0.25, 0.3) is 0 Å². The predicted molar refractivity (Wildman–Crippen MR) is 75.9 cm³/mol. The molecule has 120 valence electrons. The summed E-state index contributed by atoms with van der Waals surface area (Å²) in [6, 6.07) is 2.55. The molecule has 22 heavy (non-hydrogen) atoms. The van der Waals surface area contributed by atoms with Crippen molar-refractivity contribution < 1.29 is 22.2 Å². The van der Waals surface area contributed by atoms with Crippen LogP contribution in [-0.2, 0) is 17.0 Å². The topological polar surface area (TPSA) is 47.0 Å². The molecule has 2 atom stereocenters. The molecule has 2 aliphatic rings. The van der Waals surface area contributed by atoms with Gasteiger partial charge in [-0.1, -0.05) is 6.42 Å². The first-order valence-corrected chi connectivity index (χ1v) is 8.61. The van der Waals surface area contributed by atoms with Gasteiger partial charge in [0, 0.05) is 39.0 Å². The lowest BCUT2D eigenvalue weighted by molar-refractivity contribution is -0.141. The summed E-state index contributed by atoms with van der Waals surface area (Å²) in [6.45, 7) is 0. The Hall–Kier alpha value is -1.24. The zero-order valence-electron chi connectivity index (χ0n) is 11.8. The van der Waals surface area contributed by atoms with Gasteiger partial charge in [0.2, 0.25) is 0 Å². The lowest BCUT2D eigenvalue weighted by Gasteiger charge is -2.37. The molecule has 2 saturated heterocycles. The Morgan fingerprint density at radius 3 is 2.45 bits per heavy atom. The first-order chi connectivity index (χ1) is 10.4. The largest absolute Gasteiger partial charge is 0.434 e. The van der Waals surface area contributed by atoms with Crippen molar-refractivity contribution in [1.29, 1.82) is 0 Å². The fourth-order valence-electron chi connectivity index (χ4n) is 3.50. The highest BCUT2D eigenvalue weighted by molar-refractivity contribution is 7.86. The van der Waals surface area contributed by atoms with E-state index in [1.807, 2.05) is 0 Å². The number of nitrogens with zero attached hydrogens (tertiary/aromatic N) is 1. The smallest absolute Gasteiger partial charge is 0.294 e. The minimum atomic E-state index is -4.64. The minimum absolute atomic E-state index is 0.0486. The Bertz CT molecular complexity index is 601. The van der Waals surface area contributed by atoms with Crippen LogP contribution < -0.4 is 0 Å². The second-order valence-electron chi connectivity index (χ2n) is 5.93. The van der Waals surface area contributed by atoms with Crippen molar-refractivity contribution in [3.8, 4) is 0 Å². The molecule has 3 nitrogen and oxygen atoms in total. The predicted octanol–water partition coefficient (Wildman–Crippen LogP) is 3.36. The molecule has 0 N–H and O–H groups in total. The number of alkyl halides is 3. The highest BCUT2D eigenvalue weighted by Gasteiger charge is 2.43. The summed E-state index contributed by atoms with van der Waals surface area (Å²) < 4.78 is 51.2. The Kier molecular flexibility index (Phi) is 4.09. The number of pyridine rings is 1. The molecule has 2 bridgehead atoms. The Labute approximate surface area is 128 Å². The van der Waals surface area contributed by atoms with Crippen molar-refractivity contribution in [3.05, 3.63) is 29.6 Å². The molecule has 0 amide bonds. The van der Waals surface area contributed by atoms with Gasteiger partial charge in [0.1, 0.15) is 0 Å². The normalized spacial score (nSPS) is 31.8. The van der Waals surface area contributed by atoms with Crippen molar-refractivity contribution in [2.45, 2.75) is 48.8 Å². The lowest BCUT2D eigenvalue weighted by Crippen LogP contribution is -2.41. The maximum atomic E-state index is 13.0. The third kappa shape index (κ3) is 2.83. The average molecular weight is 331 g/mol. The van der Waals surface area contributed by atoms with E-state index in [0.717, 1.165) is 25.5 Å². The van der Waals surface area contributed by atoms with E-state index in [2.05, 4.69) is 4.98 Å². The average Bonchev–Trinajstić information content (AvgIpc) is 2.45. The van der Waals surface area contributed by atoms with E-state index in [1.165, 1.54) is 12.1 Å². The van der Waals surface area contributed by atoms with Gasteiger partial charge in [0.25, 0.3) is 0 Å². The SMILES string of the molecule is O=C(c1cccnc1C(F)(F)F)C1CC2CCCC(C1)S2=O. The third-order valence-electron chi connectivity index (χ3n) is 4.52. The molecule has 0 aliphatic carbocycles. The number of carbonyl (C=O) groups excluding carboxylic acids is 1. The zero-order valence-corrected chi connectivity index (χ0v) is 12.6. The van der Waals surface area contributed by atoms with Crippen LogP contribution in [0.4, 0.5) is 13.2 Å². The van der Waals surface area contributed by atoms with Crippen LogP contribution in [-0.4, -0.2) is 25.5 Å². The molecular formula is C15H16F3NO2S. The molecule has 0 spiro atoms. The van der Waals surface area contributed by atoms with Crippen LogP contribution in [0.2, 0.25) is 0 Å². The summed E-state index contributed by atoms with van der Waals surface area (Å²) in [5.41, 5.74) is -1.47. The molecule has 2 aliphatic heterocycles. The van der Waals surface area contributed by atoms with Crippen molar-refractivity contribution in [3.63, 3.8) is 0 Å². The number of halogens is 3. The number of hydrogen-bond acceptors (Lipinski definition) is 3. The summed E-state index contributed by atoms with van der Waals surface area (Å²) >= 11 is 0. The van der Waals surface area contributed by atoms with E-state index < -0.39 is 34.4 Å². The summed E-state index contributed by atoms with van der Waals surface area (Å²) in [5.74, 6) is -0.979. The number of hydrogen-bond donors (Lipinski definition) is 0. The number of Topliss-reactive ketones (excluding diaryl/α,β-unsaturated/α-hetero) is 1. The monoisotopic (exact) mass is 331 g/mol. The highest BCUT2D eigenvalue weighted by atomic mass is 32.2. The van der Waals surface area contributed by atoms with Crippen molar-refractivity contribution >= 4 is 16.6 Å². The van der Waals surface area contributed by atoms with Gasteiger partial charge in [-0.25, -0.2) is 0 Å². The third-order valence-corrected chi connectivity index (χ3v) is 6.69. The second-order valence-corrected chi connectivity index (χ2v) is 7.92. The molecule has 3 heterocycles. The molecule has 0 saturated carbocycles. The number of aromatic nitrogens is 1. The Balaban J connectivity index is 1.88. The molecule has 0 radical (unpaired) electrons. The van der Waals surface area contributed by atoms with E-state index in [4.69, 9.17) is 0 Å². The molecule has 2 fully saturated rings. The van der Waals surface area contributed by atoms with Gasteiger partial charge in [-0.2, -0.15) is 13.2 Å². The van der Waals surface area contributed by atoms with Gasteiger partial charge in [0.15, 0.2) is 11.5 Å². The Morgan fingerprint density at radius 2 is 1.86 bits per heavy atom. The molecule has 0 aromatic carbocycles. The van der Waals surface area contributed by atoms with Gasteiger partial charge in [-0.3, -0.25) is 14.0 Å². The van der Waals surface area contributed by atoms with E-state index in [1.54, 1.807) is 0 Å². The maximum absolute atomic E-state index is 13.0. The summed E-state index contributed by atoms with van der Waals surface area (Å²) in [4.78, 5) is 15.9. The molecule has 1 aromatic heterocycles. The molecule has 2 unspecified atom stereocenters. The first kappa shape index (κ1) is 15.6. The van der Waals surface area contributed by atoms with E-state index >= 15 is 0 Å². The van der Waals surface area contributed by atoms with Crippen LogP contribution in [0.5, 0.6) is 0 Å². The molecule has 3 rings (SSSR count). The van der Waals surface area contributed by atoms with E-state index in [9.17, 15) is 22.2 Å². The number of ketones is 1. The van der Waals surface area contributed by atoms with Crippen molar-refractivity contribution in [1.82, 2.24) is 4.98 Å². The van der Waals surface area contributed by atoms with Crippen LogP contribution in [0.15, 0.2) is 18.3 Å². The van der Waals surface area contributed by atoms with Gasteiger partial charge in [-0.05, 0) is 37.8 Å². The van der Waals surface area contributed by atoms with Crippen LogP contribution in [0.1, 0.15) is 48.2 Å². The Morgan fingerprint density at radius 1 is 1.23 bits per heavy atom. The number of rotatable bonds is 2. The lowest BCUT2D eigenvalue weighted by atomic mass is 9.84. The number of fused-ring (bicyclic) bond motifs is 2. The molecule has 7 heteroatoms. The minimum Gasteiger partial charge on any atom is -0.294 e. The summed E-state index contributed by atoms with van der Waals surface area (Å²) in [6.07, 6.45) is -0.160. The fraction of sp³-hybridized carbons (Fsp3) is 0.600. The van der Waals surface area contributed by atoms with Crippen molar-refractivity contribution in [2.24, 2.45) is 5.92 Å². The highest BCUT2D eigenvalue weighted by Crippen LogP contribution is 2.39. The summed E-state index contributed by atoms with van der Waals surface area (Å²) in [5, 5.41) is -0.0973. The molecular weight excluding hydrogens is 315 g/mol. The quantitative estimate of drug-likeness (QED) is 0.781. The number of carbonyl (C=O) groups is 1. The summed E-state index contributed by atoms with van der Waals surface area (Å²) in [7, 11) is -0.942. The van der Waals surface area contributed by atoms with Crippen molar-refractivity contribution in [2.75, 3.05) is 0 Å². The van der Waals surface area contributed by atoms with Crippen LogP contribution >= 0.6 is 0 Å². The van der Waals surface area contributed by atoms with E-state index in [0.29, 0.717) is 12.8 Å². The molecule has 1 aromatic rings. The van der Waals surface area contributed by atoms with Gasteiger partial charge >= 0.3 is 6.18 Å². The second kappa shape index (κ2) is 5.76. The standard InChI is InChI=1S/C15H16F3NO2S/c16-15(17,18)14-12(5-2-6-19-14)13(20)9-7-10-3-1-4-11(8-9)22(10)21/h2,5-6,9-11H,1,3-4,7-8H2. The zero-order chi connectivity index (χ0) is 15.9. The van der Waals surface area contributed by atoms with Crippen LogP contribution in [0.3, 0.4) is 0 Å². The fourth-order valence-corrected chi connectivity index (χ4v) is 5.68. The van der Waals surface area contributed by atoms with Gasteiger partial charge in [-0.15, -0.1) is 0 Å². The van der Waals surface area contributed by atoms with Crippen LogP contribution in [0, 0.1) is 5.92 Å². The maximum Gasteiger partial charge on any atom is 0.434 e. The first-order valence-electron chi connectivity index (χ1n) is 7.33. The van der Waals surface area contributed by atoms with E-state index in [-0.39, 0.29) is 16.1 Å².